The summed E-state index contributed by atoms with van der Waals surface area (Å²) in [6.45, 7) is 26.4. The van der Waals surface area contributed by atoms with Gasteiger partial charge >= 0.3 is 0 Å². The van der Waals surface area contributed by atoms with Crippen LogP contribution >= 0.6 is 0 Å². The van der Waals surface area contributed by atoms with Gasteiger partial charge in [0.2, 0.25) is 0 Å². The zero-order valence-electron chi connectivity index (χ0n) is 46.3. The van der Waals surface area contributed by atoms with E-state index in [2.05, 4.69) is 63.6 Å². The molecule has 0 radical (unpaired) electrons. The molecule has 0 aliphatic heterocycles. The molecule has 4 atom stereocenters. The number of phenolic OH excluding ortho intramolecular Hbond substituents is 4. The van der Waals surface area contributed by atoms with Gasteiger partial charge in [-0.2, -0.15) is 0 Å². The Bertz CT molecular complexity index is 2020. The third kappa shape index (κ3) is 20.6. The van der Waals surface area contributed by atoms with Gasteiger partial charge in [-0.1, -0.05) is 87.1 Å². The van der Waals surface area contributed by atoms with Crippen LogP contribution in [0.3, 0.4) is 0 Å². The number of aryl methyl sites for hydroxylation is 2. The highest BCUT2D eigenvalue weighted by molar-refractivity contribution is 6.00. The number of carbonyl (C=O) groups excluding carboxylic acids is 2. The number of carbonyl (C=O) groups is 2. The molecule has 4 unspecified atom stereocenters. The van der Waals surface area contributed by atoms with E-state index in [1.54, 1.807) is 12.1 Å². The first-order valence-corrected chi connectivity index (χ1v) is 27.6. The number of ether oxygens (including phenoxy) is 7. The predicted molar refractivity (Wildman–Crippen MR) is 294 cm³/mol. The van der Waals surface area contributed by atoms with E-state index in [1.807, 2.05) is 13.8 Å². The third-order valence-electron chi connectivity index (χ3n) is 14.2. The number of aromatic hydroxyl groups is 4. The molecule has 2 aliphatic carbocycles. The normalized spacial score (nSPS) is 17.6. The molecule has 2 aromatic rings. The topological polar surface area (TPSA) is 204 Å². The lowest BCUT2D eigenvalue weighted by Crippen LogP contribution is -2.29. The van der Waals surface area contributed by atoms with Crippen LogP contribution in [0.15, 0.2) is 59.7 Å². The number of unbranched alkanes of at least 4 members (excludes halogenated alkanes) is 4. The van der Waals surface area contributed by atoms with Crippen molar-refractivity contribution < 1.29 is 63.2 Å². The Balaban J connectivity index is 0.994. The molecule has 15 nitrogen and oxygen atoms in total. The quantitative estimate of drug-likeness (QED) is 0.0274. The lowest BCUT2D eigenvalue weighted by molar-refractivity contribution is -0.0202. The molecule has 2 aliphatic rings. The van der Waals surface area contributed by atoms with E-state index < -0.39 is 0 Å². The van der Waals surface area contributed by atoms with Crippen LogP contribution in [0.4, 0.5) is 0 Å². The average Bonchev–Trinajstić information content (AvgIpc) is 3.36. The number of phenols is 4. The molecule has 0 bridgehead atoms. The fraction of sp³-hybridized carbons (Fsp3) is 0.633. The van der Waals surface area contributed by atoms with Crippen LogP contribution in [0.5, 0.6) is 23.0 Å². The first-order chi connectivity index (χ1) is 36.2. The molecule has 0 heterocycles. The summed E-state index contributed by atoms with van der Waals surface area (Å²) < 4.78 is 39.3. The van der Waals surface area contributed by atoms with Crippen molar-refractivity contribution in [1.29, 1.82) is 0 Å². The van der Waals surface area contributed by atoms with Gasteiger partial charge in [0.05, 0.1) is 104 Å². The molecule has 6 N–H and O–H groups in total. The van der Waals surface area contributed by atoms with Gasteiger partial charge in [-0.15, -0.1) is 0 Å². The van der Waals surface area contributed by atoms with Crippen LogP contribution in [0.2, 0.25) is 0 Å². The van der Waals surface area contributed by atoms with E-state index in [0.717, 1.165) is 62.5 Å². The van der Waals surface area contributed by atoms with E-state index in [-0.39, 0.29) is 95.9 Å². The van der Waals surface area contributed by atoms with E-state index >= 15 is 0 Å². The summed E-state index contributed by atoms with van der Waals surface area (Å²) in [5, 5.41) is 51.5. The number of amides is 2. The Morgan fingerprint density at radius 2 is 0.827 bits per heavy atom. The van der Waals surface area contributed by atoms with Gasteiger partial charge in [0.25, 0.3) is 11.8 Å². The first-order valence-electron chi connectivity index (χ1n) is 27.6. The van der Waals surface area contributed by atoms with Crippen LogP contribution in [0.25, 0.3) is 0 Å². The molecule has 0 saturated carbocycles. The standard InChI is InChI=1S/C60H92N2O13/c1-9-11-13-15-45-39-51(63)55(49-37-43(7)17-19-47(49)41(3)4)57(65)53(45)59(67)61-21-23-69-25-27-71-29-31-73-33-35-75-36-34-74-32-30-72-28-26-70-24-22-62-60(68)54-46(16-14-12-10-2)40-52(64)56(58(54)66)50-38-44(8)18-20-48(50)42(5)6/h17-18,39-40,47-50,63-66H,3,5,9-16,19-38H2,1-2,4,6-8H3,(H,61,67)(H,62,68). The highest BCUT2D eigenvalue weighted by Crippen LogP contribution is 2.50. The minimum atomic E-state index is -0.385. The number of allylic oxidation sites excluding steroid dienone is 6. The van der Waals surface area contributed by atoms with Crippen molar-refractivity contribution >= 4 is 11.8 Å². The Morgan fingerprint density at radius 3 is 1.12 bits per heavy atom. The van der Waals surface area contributed by atoms with Gasteiger partial charge < -0.3 is 64.2 Å². The van der Waals surface area contributed by atoms with Gasteiger partial charge in [-0.3, -0.25) is 9.59 Å². The smallest absolute Gasteiger partial charge is 0.255 e. The van der Waals surface area contributed by atoms with Gasteiger partial charge in [0, 0.05) is 36.1 Å². The summed E-state index contributed by atoms with van der Waals surface area (Å²) >= 11 is 0. The molecule has 15 heteroatoms. The summed E-state index contributed by atoms with van der Waals surface area (Å²) in [5.74, 6) is -1.24. The van der Waals surface area contributed by atoms with Gasteiger partial charge in [-0.05, 0) is 114 Å². The molecule has 75 heavy (non-hydrogen) atoms. The van der Waals surface area contributed by atoms with E-state index in [1.165, 1.54) is 11.1 Å². The van der Waals surface area contributed by atoms with Crippen molar-refractivity contribution in [2.24, 2.45) is 11.8 Å². The van der Waals surface area contributed by atoms with Crippen molar-refractivity contribution in [3.05, 3.63) is 93.1 Å². The van der Waals surface area contributed by atoms with E-state index in [4.69, 9.17) is 33.2 Å². The van der Waals surface area contributed by atoms with Crippen LogP contribution in [-0.2, 0) is 46.0 Å². The van der Waals surface area contributed by atoms with Crippen LogP contribution in [0, 0.1) is 11.8 Å². The molecule has 0 aromatic heterocycles. The lowest BCUT2D eigenvalue weighted by atomic mass is 9.72. The minimum Gasteiger partial charge on any atom is -0.508 e. The molecule has 0 spiro atoms. The van der Waals surface area contributed by atoms with Gasteiger partial charge in [0.15, 0.2) is 0 Å². The Morgan fingerprint density at radius 1 is 0.520 bits per heavy atom. The Kier molecular flexibility index (Phi) is 29.2. The first kappa shape index (κ1) is 62.8. The number of nitrogens with one attached hydrogen (secondary N) is 2. The summed E-state index contributed by atoms with van der Waals surface area (Å²) in [6.07, 6.45) is 14.1. The Labute approximate surface area is 448 Å². The second-order valence-corrected chi connectivity index (χ2v) is 20.2. The number of hydrogen-bond acceptors (Lipinski definition) is 13. The fourth-order valence-electron chi connectivity index (χ4n) is 10.1. The van der Waals surface area contributed by atoms with Crippen molar-refractivity contribution in [3.63, 3.8) is 0 Å². The maximum Gasteiger partial charge on any atom is 0.255 e. The molecule has 0 fully saturated rings. The predicted octanol–water partition coefficient (Wildman–Crippen LogP) is 10.3. The van der Waals surface area contributed by atoms with Crippen LogP contribution in [0.1, 0.15) is 161 Å². The third-order valence-corrected chi connectivity index (χ3v) is 14.2. The summed E-state index contributed by atoms with van der Waals surface area (Å²) in [7, 11) is 0. The summed E-state index contributed by atoms with van der Waals surface area (Å²) in [5.41, 5.74) is 6.91. The highest BCUT2D eigenvalue weighted by Gasteiger charge is 2.35. The van der Waals surface area contributed by atoms with Crippen LogP contribution in [-0.4, -0.2) is 138 Å². The zero-order valence-corrected chi connectivity index (χ0v) is 46.3. The van der Waals surface area contributed by atoms with Crippen molar-refractivity contribution in [2.45, 2.75) is 130 Å². The Hall–Kier alpha value is -4.74. The van der Waals surface area contributed by atoms with E-state index in [0.29, 0.717) is 127 Å². The minimum absolute atomic E-state index is 0.0294. The monoisotopic (exact) mass is 1050 g/mol. The molecule has 420 valence electrons. The van der Waals surface area contributed by atoms with E-state index in [9.17, 15) is 30.0 Å². The summed E-state index contributed by atoms with van der Waals surface area (Å²) in [4.78, 5) is 27.2. The lowest BCUT2D eigenvalue weighted by Gasteiger charge is -2.33. The molecule has 0 saturated heterocycles. The maximum atomic E-state index is 13.6. The summed E-state index contributed by atoms with van der Waals surface area (Å²) in [6, 6.07) is 3.34. The van der Waals surface area contributed by atoms with Crippen LogP contribution < -0.4 is 10.6 Å². The van der Waals surface area contributed by atoms with Crippen molar-refractivity contribution in [1.82, 2.24) is 10.6 Å². The molecular formula is C60H92N2O13. The van der Waals surface area contributed by atoms with Crippen molar-refractivity contribution in [3.8, 4) is 23.0 Å². The average molecular weight is 1050 g/mol. The van der Waals surface area contributed by atoms with Gasteiger partial charge in [-0.25, -0.2) is 0 Å². The SMILES string of the molecule is C=C(C)C1CC=C(C)CC1c1c(O)cc(CCCCC)c(C(=O)NCCOCCOCCOCCOCCOCCOCCOCCNC(=O)c2c(CCCCC)cc(O)c(C3CC(C)=CCC3C(=C)C)c2O)c1O. The number of benzene rings is 2. The highest BCUT2D eigenvalue weighted by atomic mass is 16.6. The molecule has 4 rings (SSSR count). The second-order valence-electron chi connectivity index (χ2n) is 20.2. The maximum absolute atomic E-state index is 13.6. The number of hydrogen-bond donors (Lipinski definition) is 6. The van der Waals surface area contributed by atoms with Gasteiger partial charge in [0.1, 0.15) is 23.0 Å². The second kappa shape index (κ2) is 34.8. The number of rotatable bonds is 38. The zero-order chi connectivity index (χ0) is 54.5. The molecule has 2 aromatic carbocycles. The van der Waals surface area contributed by atoms with Crippen molar-refractivity contribution in [2.75, 3.05) is 106 Å². The molecular weight excluding hydrogens is 957 g/mol. The largest absolute Gasteiger partial charge is 0.508 e. The fourth-order valence-corrected chi connectivity index (χ4v) is 10.1. The molecule has 2 amide bonds.